The molecule has 0 aliphatic carbocycles. The third-order valence-corrected chi connectivity index (χ3v) is 2.30. The molecule has 1 unspecified atom stereocenters. The molecule has 0 amide bonds. The summed E-state index contributed by atoms with van der Waals surface area (Å²) in [6.45, 7) is 11.9. The Balaban J connectivity index is 3.51. The van der Waals surface area contributed by atoms with Gasteiger partial charge in [0.05, 0.1) is 25.4 Å². The summed E-state index contributed by atoms with van der Waals surface area (Å²) in [6, 6.07) is 0. The van der Waals surface area contributed by atoms with Crippen molar-refractivity contribution < 1.29 is 9.47 Å². The second kappa shape index (κ2) is 11.4. The van der Waals surface area contributed by atoms with Crippen molar-refractivity contribution in [2.45, 2.75) is 59.2 Å². The van der Waals surface area contributed by atoms with Crippen LogP contribution in [0.1, 0.15) is 47.0 Å². The fourth-order valence-corrected chi connectivity index (χ4v) is 1.50. The van der Waals surface area contributed by atoms with E-state index in [0.717, 1.165) is 19.5 Å². The van der Waals surface area contributed by atoms with Crippen LogP contribution in [-0.2, 0) is 9.47 Å². The molecule has 0 aliphatic rings. The van der Waals surface area contributed by atoms with Crippen molar-refractivity contribution in [2.24, 2.45) is 0 Å². The van der Waals surface area contributed by atoms with Gasteiger partial charge in [0.25, 0.3) is 0 Å². The average Bonchev–Trinajstić information content (AvgIpc) is 2.24. The third-order valence-electron chi connectivity index (χ3n) is 2.30. The molecule has 16 heavy (non-hydrogen) atoms. The van der Waals surface area contributed by atoms with Gasteiger partial charge in [-0.2, -0.15) is 0 Å². The first-order chi connectivity index (χ1) is 7.70. The molecule has 0 aromatic rings. The van der Waals surface area contributed by atoms with Gasteiger partial charge < -0.3 is 14.8 Å². The highest BCUT2D eigenvalue weighted by molar-refractivity contribution is 4.61. The predicted octanol–water partition coefficient (Wildman–Crippen LogP) is 2.60. The molecule has 0 radical (unpaired) electrons. The molecule has 0 spiro atoms. The van der Waals surface area contributed by atoms with Gasteiger partial charge in [-0.3, -0.25) is 0 Å². The van der Waals surface area contributed by atoms with Gasteiger partial charge in [0.15, 0.2) is 0 Å². The maximum atomic E-state index is 5.79. The molecule has 0 aromatic heterocycles. The number of rotatable bonds is 11. The van der Waals surface area contributed by atoms with Crippen LogP contribution in [-0.4, -0.2) is 38.5 Å². The van der Waals surface area contributed by atoms with E-state index in [1.807, 2.05) is 13.8 Å². The Morgan fingerprint density at radius 1 is 1.00 bits per heavy atom. The van der Waals surface area contributed by atoms with Gasteiger partial charge in [0, 0.05) is 6.54 Å². The van der Waals surface area contributed by atoms with Gasteiger partial charge in [-0.25, -0.2) is 0 Å². The topological polar surface area (TPSA) is 30.5 Å². The minimum absolute atomic E-state index is 0.298. The van der Waals surface area contributed by atoms with Crippen molar-refractivity contribution >= 4 is 0 Å². The lowest BCUT2D eigenvalue weighted by molar-refractivity contribution is -0.0146. The Kier molecular flexibility index (Phi) is 11.3. The van der Waals surface area contributed by atoms with E-state index in [-0.39, 0.29) is 0 Å². The van der Waals surface area contributed by atoms with Crippen LogP contribution in [0.25, 0.3) is 0 Å². The zero-order valence-electron chi connectivity index (χ0n) is 11.4. The first-order valence-electron chi connectivity index (χ1n) is 6.64. The third kappa shape index (κ3) is 10.4. The van der Waals surface area contributed by atoms with Gasteiger partial charge in [-0.1, -0.05) is 20.3 Å². The molecule has 0 rings (SSSR count). The summed E-state index contributed by atoms with van der Waals surface area (Å²) >= 11 is 0. The highest BCUT2D eigenvalue weighted by Gasteiger charge is 2.07. The maximum Gasteiger partial charge on any atom is 0.0705 e. The van der Waals surface area contributed by atoms with E-state index in [1.54, 1.807) is 0 Å². The van der Waals surface area contributed by atoms with Gasteiger partial charge >= 0.3 is 0 Å². The Bertz CT molecular complexity index is 140. The lowest BCUT2D eigenvalue weighted by atomic mass is 10.2. The molecule has 0 saturated heterocycles. The molecule has 0 heterocycles. The van der Waals surface area contributed by atoms with Crippen molar-refractivity contribution in [3.63, 3.8) is 0 Å². The lowest BCUT2D eigenvalue weighted by Gasteiger charge is -2.18. The quantitative estimate of drug-likeness (QED) is 0.554. The van der Waals surface area contributed by atoms with Crippen LogP contribution < -0.4 is 5.32 Å². The standard InChI is InChI=1S/C13H29NO2/c1-5-7-13(11-14-8-6-2)16-10-9-15-12(3)4/h12-14H,5-11H2,1-4H3. The molecular weight excluding hydrogens is 202 g/mol. The predicted molar refractivity (Wildman–Crippen MR) is 68.9 cm³/mol. The monoisotopic (exact) mass is 231 g/mol. The Hall–Kier alpha value is -0.120. The van der Waals surface area contributed by atoms with Gasteiger partial charge in [-0.05, 0) is 33.2 Å². The molecule has 1 N–H and O–H groups in total. The number of hydrogen-bond acceptors (Lipinski definition) is 3. The van der Waals surface area contributed by atoms with Crippen molar-refractivity contribution in [1.29, 1.82) is 0 Å². The first kappa shape index (κ1) is 15.9. The van der Waals surface area contributed by atoms with E-state index >= 15 is 0 Å². The molecule has 3 nitrogen and oxygen atoms in total. The van der Waals surface area contributed by atoms with E-state index in [0.29, 0.717) is 25.4 Å². The van der Waals surface area contributed by atoms with Crippen molar-refractivity contribution in [1.82, 2.24) is 5.32 Å². The van der Waals surface area contributed by atoms with Crippen LogP contribution in [0.4, 0.5) is 0 Å². The molecular formula is C13H29NO2. The fourth-order valence-electron chi connectivity index (χ4n) is 1.50. The molecule has 3 heteroatoms. The first-order valence-corrected chi connectivity index (χ1v) is 6.64. The number of hydrogen-bond donors (Lipinski definition) is 1. The van der Waals surface area contributed by atoms with E-state index < -0.39 is 0 Å². The zero-order valence-corrected chi connectivity index (χ0v) is 11.4. The minimum Gasteiger partial charge on any atom is -0.376 e. The van der Waals surface area contributed by atoms with E-state index in [1.165, 1.54) is 12.8 Å². The summed E-state index contributed by atoms with van der Waals surface area (Å²) in [5.41, 5.74) is 0. The Morgan fingerprint density at radius 3 is 2.25 bits per heavy atom. The van der Waals surface area contributed by atoms with Crippen LogP contribution >= 0.6 is 0 Å². The molecule has 1 atom stereocenters. The van der Waals surface area contributed by atoms with Crippen molar-refractivity contribution in [2.75, 3.05) is 26.3 Å². The second-order valence-electron chi connectivity index (χ2n) is 4.41. The van der Waals surface area contributed by atoms with E-state index in [9.17, 15) is 0 Å². The average molecular weight is 231 g/mol. The summed E-state index contributed by atoms with van der Waals surface area (Å²) in [5, 5.41) is 3.40. The molecule has 0 bridgehead atoms. The van der Waals surface area contributed by atoms with Gasteiger partial charge in [-0.15, -0.1) is 0 Å². The van der Waals surface area contributed by atoms with Crippen LogP contribution in [0, 0.1) is 0 Å². The van der Waals surface area contributed by atoms with Crippen molar-refractivity contribution in [3.05, 3.63) is 0 Å². The SMILES string of the molecule is CCCNCC(CCC)OCCOC(C)C. The van der Waals surface area contributed by atoms with Crippen LogP contribution in [0.5, 0.6) is 0 Å². The molecule has 0 aromatic carbocycles. The largest absolute Gasteiger partial charge is 0.376 e. The Morgan fingerprint density at radius 2 is 1.69 bits per heavy atom. The molecule has 0 saturated carbocycles. The molecule has 98 valence electrons. The normalized spacial score (nSPS) is 13.3. The van der Waals surface area contributed by atoms with E-state index in [4.69, 9.17) is 9.47 Å². The fraction of sp³-hybridized carbons (Fsp3) is 1.00. The summed E-state index contributed by atoms with van der Waals surface area (Å²) in [7, 11) is 0. The number of nitrogens with one attached hydrogen (secondary N) is 1. The van der Waals surface area contributed by atoms with Gasteiger partial charge in [0.2, 0.25) is 0 Å². The zero-order chi connectivity index (χ0) is 12.2. The second-order valence-corrected chi connectivity index (χ2v) is 4.41. The Labute approximate surface area is 101 Å². The smallest absolute Gasteiger partial charge is 0.0705 e. The van der Waals surface area contributed by atoms with Crippen molar-refractivity contribution in [3.8, 4) is 0 Å². The summed E-state index contributed by atoms with van der Waals surface area (Å²) in [6.07, 6.45) is 4.11. The highest BCUT2D eigenvalue weighted by Crippen LogP contribution is 2.01. The summed E-state index contributed by atoms with van der Waals surface area (Å²) in [5.74, 6) is 0. The molecule has 0 aliphatic heterocycles. The number of ether oxygens (including phenoxy) is 2. The van der Waals surface area contributed by atoms with Crippen LogP contribution in [0.2, 0.25) is 0 Å². The summed E-state index contributed by atoms with van der Waals surface area (Å²) < 4.78 is 11.2. The summed E-state index contributed by atoms with van der Waals surface area (Å²) in [4.78, 5) is 0. The van der Waals surface area contributed by atoms with Gasteiger partial charge in [0.1, 0.15) is 0 Å². The van der Waals surface area contributed by atoms with Crippen LogP contribution in [0.15, 0.2) is 0 Å². The van der Waals surface area contributed by atoms with Crippen LogP contribution in [0.3, 0.4) is 0 Å². The maximum absolute atomic E-state index is 5.79. The lowest BCUT2D eigenvalue weighted by Crippen LogP contribution is -2.30. The minimum atomic E-state index is 0.298. The molecule has 0 fully saturated rings. The van der Waals surface area contributed by atoms with E-state index in [2.05, 4.69) is 19.2 Å². The highest BCUT2D eigenvalue weighted by atomic mass is 16.5.